The molecule has 24 heavy (non-hydrogen) atoms. The van der Waals surface area contributed by atoms with Crippen molar-refractivity contribution in [1.29, 1.82) is 0 Å². The van der Waals surface area contributed by atoms with Gasteiger partial charge in [-0.3, -0.25) is 4.79 Å². The third kappa shape index (κ3) is 1.83. The molecule has 4 saturated carbocycles. The van der Waals surface area contributed by atoms with Crippen molar-refractivity contribution in [2.75, 3.05) is 0 Å². The molecule has 0 spiro atoms. The molecule has 4 heteroatoms. The molecular weight excluding hydrogens is 304 g/mol. The van der Waals surface area contributed by atoms with Gasteiger partial charge in [-0.1, -0.05) is 20.8 Å². The van der Waals surface area contributed by atoms with E-state index in [-0.39, 0.29) is 17.3 Å². The first-order valence-corrected chi connectivity index (χ1v) is 9.80. The molecule has 0 aromatic carbocycles. The van der Waals surface area contributed by atoms with E-state index in [2.05, 4.69) is 13.8 Å². The van der Waals surface area contributed by atoms with E-state index in [1.54, 1.807) is 6.92 Å². The van der Waals surface area contributed by atoms with E-state index in [1.807, 2.05) is 0 Å². The average Bonchev–Trinajstić information content (AvgIpc) is 2.83. The fourth-order valence-corrected chi connectivity index (χ4v) is 7.39. The first kappa shape index (κ1) is 17.0. The number of ketones is 1. The molecule has 1 unspecified atom stereocenters. The minimum Gasteiger partial charge on any atom is -0.393 e. The summed E-state index contributed by atoms with van der Waals surface area (Å²) in [6, 6.07) is 0. The quantitative estimate of drug-likeness (QED) is 0.594. The van der Waals surface area contributed by atoms with Crippen LogP contribution in [-0.2, 0) is 4.79 Å². The van der Waals surface area contributed by atoms with Gasteiger partial charge in [-0.05, 0) is 62.2 Å². The van der Waals surface area contributed by atoms with Crippen LogP contribution in [0, 0.1) is 40.4 Å². The summed E-state index contributed by atoms with van der Waals surface area (Å²) >= 11 is 0. The molecule has 4 aliphatic rings. The Balaban J connectivity index is 1.73. The van der Waals surface area contributed by atoms with Crippen molar-refractivity contribution in [3.63, 3.8) is 0 Å². The zero-order valence-corrected chi connectivity index (χ0v) is 15.2. The number of Topliss-reactive ketones (excluding diaryl/α,β-unsaturated/α-hetero) is 1. The molecule has 0 radical (unpaired) electrons. The zero-order valence-electron chi connectivity index (χ0n) is 15.2. The Morgan fingerprint density at radius 3 is 2.46 bits per heavy atom. The zero-order chi connectivity index (χ0) is 17.5. The van der Waals surface area contributed by atoms with Gasteiger partial charge in [-0.25, -0.2) is 0 Å². The Labute approximate surface area is 144 Å². The molecular formula is C20H32O4. The van der Waals surface area contributed by atoms with E-state index < -0.39 is 23.2 Å². The maximum Gasteiger partial charge on any atom is 0.173 e. The van der Waals surface area contributed by atoms with Crippen LogP contribution in [-0.4, -0.2) is 33.0 Å². The Morgan fingerprint density at radius 1 is 1.04 bits per heavy atom. The van der Waals surface area contributed by atoms with Crippen molar-refractivity contribution in [2.45, 2.75) is 77.6 Å². The van der Waals surface area contributed by atoms with Gasteiger partial charge in [-0.15, -0.1) is 0 Å². The highest BCUT2D eigenvalue weighted by Gasteiger charge is 2.68. The summed E-state index contributed by atoms with van der Waals surface area (Å²) in [7, 11) is 0. The summed E-state index contributed by atoms with van der Waals surface area (Å²) in [5, 5.41) is 32.5. The van der Waals surface area contributed by atoms with Gasteiger partial charge < -0.3 is 15.3 Å². The summed E-state index contributed by atoms with van der Waals surface area (Å²) in [4.78, 5) is 12.5. The molecule has 136 valence electrons. The Hall–Kier alpha value is -0.450. The third-order valence-electron chi connectivity index (χ3n) is 9.14. The van der Waals surface area contributed by atoms with E-state index in [0.29, 0.717) is 30.5 Å². The number of carbonyl (C=O) groups excluding carboxylic acids is 1. The standard InChI is InChI=1S/C20H32O4/c1-11-16(21)10-12-4-5-13-14-6-7-17(22)18(14,2)9-8-15(13)19(12,3)20(11,23)24/h11-16,21,23-24H,4-10H2,1-3H3/t11?,12-,13-,14-,15-,16-,18-,19-/m0/s1. The molecule has 8 atom stereocenters. The van der Waals surface area contributed by atoms with Crippen LogP contribution in [0.3, 0.4) is 0 Å². The number of aliphatic hydroxyl groups is 3. The van der Waals surface area contributed by atoms with Crippen LogP contribution in [0.4, 0.5) is 0 Å². The van der Waals surface area contributed by atoms with E-state index in [9.17, 15) is 20.1 Å². The van der Waals surface area contributed by atoms with Crippen molar-refractivity contribution < 1.29 is 20.1 Å². The lowest BCUT2D eigenvalue weighted by Crippen LogP contribution is -2.68. The van der Waals surface area contributed by atoms with Crippen LogP contribution < -0.4 is 0 Å². The molecule has 0 aromatic rings. The fourth-order valence-electron chi connectivity index (χ4n) is 7.39. The van der Waals surface area contributed by atoms with Crippen molar-refractivity contribution >= 4 is 5.78 Å². The SMILES string of the molecule is CC1[C@@H](O)C[C@@H]2CC[C@@H]3[C@H](CC[C@]4(C)C(=O)CC[C@@H]34)[C@@]2(C)C1(O)O. The third-order valence-corrected chi connectivity index (χ3v) is 9.14. The van der Waals surface area contributed by atoms with Gasteiger partial charge in [0.25, 0.3) is 0 Å². The van der Waals surface area contributed by atoms with Crippen LogP contribution in [0.1, 0.15) is 65.7 Å². The second-order valence-electron chi connectivity index (χ2n) is 9.67. The molecule has 0 aromatic heterocycles. The lowest BCUT2D eigenvalue weighted by molar-refractivity contribution is -0.349. The number of hydrogen-bond donors (Lipinski definition) is 3. The summed E-state index contributed by atoms with van der Waals surface area (Å²) in [5.74, 6) is -0.737. The van der Waals surface area contributed by atoms with E-state index >= 15 is 0 Å². The Kier molecular flexibility index (Phi) is 3.57. The Bertz CT molecular complexity index is 558. The lowest BCUT2D eigenvalue weighted by atomic mass is 9.42. The molecule has 4 rings (SSSR count). The highest BCUT2D eigenvalue weighted by atomic mass is 16.5. The number of hydrogen-bond acceptors (Lipinski definition) is 4. The number of carbonyl (C=O) groups is 1. The topological polar surface area (TPSA) is 77.8 Å². The highest BCUT2D eigenvalue weighted by Crippen LogP contribution is 2.67. The van der Waals surface area contributed by atoms with Gasteiger partial charge in [0.1, 0.15) is 5.78 Å². The summed E-state index contributed by atoms with van der Waals surface area (Å²) in [5.41, 5.74) is -0.765. The number of rotatable bonds is 0. The number of fused-ring (bicyclic) bond motifs is 5. The predicted molar refractivity (Wildman–Crippen MR) is 89.8 cm³/mol. The Morgan fingerprint density at radius 2 is 1.75 bits per heavy atom. The van der Waals surface area contributed by atoms with Crippen molar-refractivity contribution in [3.05, 3.63) is 0 Å². The molecule has 3 N–H and O–H groups in total. The monoisotopic (exact) mass is 336 g/mol. The van der Waals surface area contributed by atoms with E-state index in [1.165, 1.54) is 0 Å². The molecule has 4 aliphatic carbocycles. The molecule has 0 bridgehead atoms. The fraction of sp³-hybridized carbons (Fsp3) is 0.950. The maximum absolute atomic E-state index is 12.5. The molecule has 0 saturated heterocycles. The second-order valence-corrected chi connectivity index (χ2v) is 9.67. The first-order chi connectivity index (χ1) is 11.1. The number of aliphatic hydroxyl groups excluding tert-OH is 1. The van der Waals surface area contributed by atoms with Crippen LogP contribution >= 0.6 is 0 Å². The second kappa shape index (κ2) is 5.05. The van der Waals surface area contributed by atoms with Crippen LogP contribution in [0.15, 0.2) is 0 Å². The van der Waals surface area contributed by atoms with Gasteiger partial charge in [0.15, 0.2) is 5.79 Å². The van der Waals surface area contributed by atoms with Gasteiger partial charge in [0, 0.05) is 23.2 Å². The highest BCUT2D eigenvalue weighted by molar-refractivity contribution is 5.87. The molecule has 0 amide bonds. The average molecular weight is 336 g/mol. The van der Waals surface area contributed by atoms with Crippen LogP contribution in [0.2, 0.25) is 0 Å². The van der Waals surface area contributed by atoms with Crippen molar-refractivity contribution in [3.8, 4) is 0 Å². The van der Waals surface area contributed by atoms with Gasteiger partial charge in [0.05, 0.1) is 6.10 Å². The lowest BCUT2D eigenvalue weighted by Gasteiger charge is -2.65. The minimum absolute atomic E-state index is 0.154. The van der Waals surface area contributed by atoms with Gasteiger partial charge in [-0.2, -0.15) is 0 Å². The predicted octanol–water partition coefficient (Wildman–Crippen LogP) is 2.50. The summed E-state index contributed by atoms with van der Waals surface area (Å²) < 4.78 is 0. The largest absolute Gasteiger partial charge is 0.393 e. The van der Waals surface area contributed by atoms with Crippen LogP contribution in [0.5, 0.6) is 0 Å². The van der Waals surface area contributed by atoms with Crippen LogP contribution in [0.25, 0.3) is 0 Å². The minimum atomic E-state index is -1.84. The maximum atomic E-state index is 12.5. The smallest absolute Gasteiger partial charge is 0.173 e. The van der Waals surface area contributed by atoms with Crippen molar-refractivity contribution in [1.82, 2.24) is 0 Å². The normalized spacial score (nSPS) is 56.3. The molecule has 0 heterocycles. The molecule has 4 fully saturated rings. The molecule has 0 aliphatic heterocycles. The van der Waals surface area contributed by atoms with Crippen molar-refractivity contribution in [2.24, 2.45) is 40.4 Å². The summed E-state index contributed by atoms with van der Waals surface area (Å²) in [6.07, 6.45) is 5.49. The van der Waals surface area contributed by atoms with Gasteiger partial charge >= 0.3 is 0 Å². The first-order valence-electron chi connectivity index (χ1n) is 9.80. The van der Waals surface area contributed by atoms with E-state index in [0.717, 1.165) is 32.1 Å². The van der Waals surface area contributed by atoms with Gasteiger partial charge in [0.2, 0.25) is 0 Å². The summed E-state index contributed by atoms with van der Waals surface area (Å²) in [6.45, 7) is 5.97. The van der Waals surface area contributed by atoms with E-state index in [4.69, 9.17) is 0 Å². The molecule has 4 nitrogen and oxygen atoms in total.